The third-order valence-corrected chi connectivity index (χ3v) is 8.10. The number of ether oxygens (including phenoxy) is 1. The van der Waals surface area contributed by atoms with Crippen LogP contribution in [0.3, 0.4) is 0 Å². The first-order chi connectivity index (χ1) is 12.7. The van der Waals surface area contributed by atoms with Crippen molar-refractivity contribution < 1.29 is 18.0 Å². The van der Waals surface area contributed by atoms with Gasteiger partial charge in [-0.15, -0.1) is 0 Å². The Labute approximate surface area is 160 Å². The van der Waals surface area contributed by atoms with E-state index in [2.05, 4.69) is 24.3 Å². The van der Waals surface area contributed by atoms with Crippen molar-refractivity contribution in [2.45, 2.75) is 71.3 Å². The molecule has 0 unspecified atom stereocenters. The first-order valence-electron chi connectivity index (χ1n) is 10.4. The lowest BCUT2D eigenvalue weighted by Gasteiger charge is -2.28. The summed E-state index contributed by atoms with van der Waals surface area (Å²) in [6.07, 6.45) is 7.67. The maximum atomic E-state index is 5.93. The van der Waals surface area contributed by atoms with E-state index >= 15 is 0 Å². The molecule has 148 valence electrons. The van der Waals surface area contributed by atoms with Crippen molar-refractivity contribution in [3.05, 3.63) is 29.8 Å². The van der Waals surface area contributed by atoms with Gasteiger partial charge in [0.05, 0.1) is 6.61 Å². The molecule has 0 aliphatic heterocycles. The van der Waals surface area contributed by atoms with Crippen LogP contribution in [-0.4, -0.2) is 35.2 Å². The van der Waals surface area contributed by atoms with Gasteiger partial charge in [-0.2, -0.15) is 0 Å². The molecule has 0 heterocycles. The van der Waals surface area contributed by atoms with Gasteiger partial charge >= 0.3 is 8.80 Å². The fourth-order valence-corrected chi connectivity index (χ4v) is 6.33. The lowest BCUT2D eigenvalue weighted by atomic mass is 9.84. The summed E-state index contributed by atoms with van der Waals surface area (Å²) in [6.45, 7) is 8.49. The second-order valence-corrected chi connectivity index (χ2v) is 9.57. The van der Waals surface area contributed by atoms with Crippen molar-refractivity contribution in [2.75, 3.05) is 26.4 Å². The van der Waals surface area contributed by atoms with E-state index in [0.29, 0.717) is 26.4 Å². The molecule has 0 atom stereocenters. The molecule has 1 saturated carbocycles. The summed E-state index contributed by atoms with van der Waals surface area (Å²) < 4.78 is 23.6. The summed E-state index contributed by atoms with van der Waals surface area (Å²) in [5, 5.41) is 0. The summed E-state index contributed by atoms with van der Waals surface area (Å²) in [5.41, 5.74) is 1.47. The minimum absolute atomic E-state index is 0.621. The fraction of sp³-hybridized carbons (Fsp3) is 0.714. The maximum absolute atomic E-state index is 5.93. The van der Waals surface area contributed by atoms with Gasteiger partial charge in [-0.1, -0.05) is 31.4 Å². The largest absolute Gasteiger partial charge is 0.501 e. The van der Waals surface area contributed by atoms with E-state index < -0.39 is 8.80 Å². The first-order valence-corrected chi connectivity index (χ1v) is 12.3. The third-order valence-electron chi connectivity index (χ3n) is 4.95. The molecule has 1 aromatic carbocycles. The van der Waals surface area contributed by atoms with Crippen LogP contribution in [0.1, 0.15) is 70.8 Å². The molecule has 0 saturated heterocycles. The van der Waals surface area contributed by atoms with Gasteiger partial charge in [0, 0.05) is 25.9 Å². The van der Waals surface area contributed by atoms with Crippen molar-refractivity contribution in [1.29, 1.82) is 0 Å². The van der Waals surface area contributed by atoms with Gasteiger partial charge in [0.2, 0.25) is 0 Å². The molecule has 2 rings (SSSR count). The van der Waals surface area contributed by atoms with Crippen LogP contribution in [-0.2, 0) is 13.3 Å². The lowest BCUT2D eigenvalue weighted by Crippen LogP contribution is -2.46. The molecule has 0 bridgehead atoms. The highest BCUT2D eigenvalue weighted by atomic mass is 28.4. The van der Waals surface area contributed by atoms with Crippen LogP contribution in [0.5, 0.6) is 5.75 Å². The highest BCUT2D eigenvalue weighted by Gasteiger charge is 2.39. The number of rotatable bonds is 12. The Bertz CT molecular complexity index is 468. The lowest BCUT2D eigenvalue weighted by molar-refractivity contribution is 0.0696. The van der Waals surface area contributed by atoms with Crippen LogP contribution < -0.4 is 4.74 Å². The van der Waals surface area contributed by atoms with Crippen molar-refractivity contribution in [3.8, 4) is 5.75 Å². The Morgan fingerprint density at radius 2 is 1.42 bits per heavy atom. The summed E-state index contributed by atoms with van der Waals surface area (Å²) in [6, 6.07) is 9.50. The highest BCUT2D eigenvalue weighted by molar-refractivity contribution is 6.60. The number of hydrogen-bond acceptors (Lipinski definition) is 4. The van der Waals surface area contributed by atoms with Crippen LogP contribution in [0.15, 0.2) is 24.3 Å². The molecule has 0 N–H and O–H groups in total. The summed E-state index contributed by atoms with van der Waals surface area (Å²) in [5.74, 6) is 1.69. The van der Waals surface area contributed by atoms with Gasteiger partial charge in [-0.3, -0.25) is 0 Å². The number of hydrogen-bond donors (Lipinski definition) is 0. The van der Waals surface area contributed by atoms with E-state index in [1.54, 1.807) is 0 Å². The normalized spacial score (nSPS) is 16.0. The van der Waals surface area contributed by atoms with Crippen LogP contribution in [0, 0.1) is 0 Å². The van der Waals surface area contributed by atoms with E-state index in [9.17, 15) is 0 Å². The van der Waals surface area contributed by atoms with E-state index in [1.807, 2.05) is 20.8 Å². The second-order valence-electron chi connectivity index (χ2n) is 6.84. The predicted molar refractivity (Wildman–Crippen MR) is 108 cm³/mol. The average Bonchev–Trinajstić information content (AvgIpc) is 2.67. The molecule has 1 aliphatic carbocycles. The van der Waals surface area contributed by atoms with Crippen LogP contribution in [0.2, 0.25) is 6.04 Å². The van der Waals surface area contributed by atoms with Gasteiger partial charge in [0.1, 0.15) is 5.75 Å². The average molecular weight is 381 g/mol. The maximum Gasteiger partial charge on any atom is 0.501 e. The van der Waals surface area contributed by atoms with Crippen molar-refractivity contribution >= 4 is 8.80 Å². The van der Waals surface area contributed by atoms with Gasteiger partial charge in [0.25, 0.3) is 0 Å². The van der Waals surface area contributed by atoms with Crippen molar-refractivity contribution in [3.63, 3.8) is 0 Å². The molecule has 26 heavy (non-hydrogen) atoms. The van der Waals surface area contributed by atoms with E-state index in [1.165, 1.54) is 37.7 Å². The smallest absolute Gasteiger partial charge is 0.494 e. The molecule has 4 nitrogen and oxygen atoms in total. The van der Waals surface area contributed by atoms with Crippen LogP contribution >= 0.6 is 0 Å². The quantitative estimate of drug-likeness (QED) is 0.352. The molecule has 0 aromatic heterocycles. The number of benzene rings is 1. The molecule has 1 aromatic rings. The third kappa shape index (κ3) is 6.69. The Morgan fingerprint density at radius 1 is 0.846 bits per heavy atom. The van der Waals surface area contributed by atoms with E-state index in [-0.39, 0.29) is 0 Å². The first kappa shape index (κ1) is 21.4. The molecule has 1 aliphatic rings. The minimum Gasteiger partial charge on any atom is -0.494 e. The SMILES string of the molecule is CCO[Si](CCCOc1ccc(C2CCCCC2)cc1)(OCC)OCC. The molecule has 0 amide bonds. The van der Waals surface area contributed by atoms with Gasteiger partial charge in [-0.05, 0) is 63.6 Å². The Hall–Kier alpha value is -0.883. The Morgan fingerprint density at radius 3 is 1.96 bits per heavy atom. The molecule has 5 heteroatoms. The van der Waals surface area contributed by atoms with Crippen LogP contribution in [0.25, 0.3) is 0 Å². The van der Waals surface area contributed by atoms with Gasteiger partial charge < -0.3 is 18.0 Å². The Kier molecular flexibility index (Phi) is 9.68. The van der Waals surface area contributed by atoms with E-state index in [4.69, 9.17) is 18.0 Å². The summed E-state index contributed by atoms with van der Waals surface area (Å²) in [4.78, 5) is 0. The fourth-order valence-electron chi connectivity index (χ4n) is 3.75. The standard InChI is InChI=1S/C21H36O4Si/c1-4-23-26(24-5-2,25-6-3)18-10-17-22-21-15-13-20(14-16-21)19-11-8-7-9-12-19/h13-16,19H,4-12,17-18H2,1-3H3. The Balaban J connectivity index is 1.78. The van der Waals surface area contributed by atoms with Crippen LogP contribution in [0.4, 0.5) is 0 Å². The van der Waals surface area contributed by atoms with Crippen molar-refractivity contribution in [2.24, 2.45) is 0 Å². The molecule has 0 spiro atoms. The van der Waals surface area contributed by atoms with E-state index in [0.717, 1.165) is 24.1 Å². The molecule has 0 radical (unpaired) electrons. The zero-order valence-corrected chi connectivity index (χ0v) is 17.8. The topological polar surface area (TPSA) is 36.9 Å². The summed E-state index contributed by atoms with van der Waals surface area (Å²) >= 11 is 0. The van der Waals surface area contributed by atoms with Gasteiger partial charge in [-0.25, -0.2) is 0 Å². The zero-order valence-electron chi connectivity index (χ0n) is 16.8. The second kappa shape index (κ2) is 11.8. The summed E-state index contributed by atoms with van der Waals surface area (Å²) in [7, 11) is -2.55. The highest BCUT2D eigenvalue weighted by Crippen LogP contribution is 2.33. The molecular weight excluding hydrogens is 344 g/mol. The predicted octanol–water partition coefficient (Wildman–Crippen LogP) is 5.55. The monoisotopic (exact) mass is 380 g/mol. The zero-order chi connectivity index (χ0) is 18.7. The molecular formula is C21H36O4Si. The van der Waals surface area contributed by atoms with Crippen molar-refractivity contribution in [1.82, 2.24) is 0 Å². The minimum atomic E-state index is -2.55. The molecule has 1 fully saturated rings. The van der Waals surface area contributed by atoms with Gasteiger partial charge in [0.15, 0.2) is 0 Å².